The zero-order chi connectivity index (χ0) is 21.1. The number of carbonyl (C=O) groups excluding carboxylic acids is 1. The molecule has 0 saturated carbocycles. The molecular formula is C24H19BrN2O3. The Kier molecular flexibility index (Phi) is 5.68. The Morgan fingerprint density at radius 2 is 1.73 bits per heavy atom. The van der Waals surface area contributed by atoms with Crippen LogP contribution in [0.3, 0.4) is 0 Å². The molecule has 3 aromatic carbocycles. The van der Waals surface area contributed by atoms with E-state index in [0.29, 0.717) is 22.3 Å². The zero-order valence-electron chi connectivity index (χ0n) is 16.5. The van der Waals surface area contributed by atoms with Crippen molar-refractivity contribution in [3.05, 3.63) is 93.8 Å². The molecule has 0 spiro atoms. The molecule has 5 nitrogen and oxygen atoms in total. The van der Waals surface area contributed by atoms with Crippen LogP contribution in [0, 0.1) is 6.92 Å². The SMILES string of the molecule is COc1ccc(-c2c/c(=N\NC(=O)c3ccc(Br)cc3)c3cc(C)ccc3o2)cc1. The number of hydrogen-bond acceptors (Lipinski definition) is 4. The summed E-state index contributed by atoms with van der Waals surface area (Å²) in [5.74, 6) is 1.13. The summed E-state index contributed by atoms with van der Waals surface area (Å²) < 4.78 is 12.2. The zero-order valence-corrected chi connectivity index (χ0v) is 18.1. The molecule has 0 atom stereocenters. The quantitative estimate of drug-likeness (QED) is 0.411. The number of halogens is 1. The van der Waals surface area contributed by atoms with Crippen LogP contribution in [0.2, 0.25) is 0 Å². The third-order valence-corrected chi connectivity index (χ3v) is 5.19. The Hall–Kier alpha value is -3.38. The van der Waals surface area contributed by atoms with Crippen LogP contribution in [0.15, 0.2) is 86.8 Å². The van der Waals surface area contributed by atoms with Gasteiger partial charge in [0.25, 0.3) is 5.91 Å². The van der Waals surface area contributed by atoms with Crippen LogP contribution in [0.1, 0.15) is 15.9 Å². The van der Waals surface area contributed by atoms with Gasteiger partial charge in [-0.3, -0.25) is 4.79 Å². The number of amides is 1. The molecule has 150 valence electrons. The fraction of sp³-hybridized carbons (Fsp3) is 0.0833. The van der Waals surface area contributed by atoms with Gasteiger partial charge in [0.2, 0.25) is 0 Å². The number of aryl methyl sites for hydroxylation is 1. The summed E-state index contributed by atoms with van der Waals surface area (Å²) in [7, 11) is 1.63. The fourth-order valence-electron chi connectivity index (χ4n) is 3.05. The first-order valence-corrected chi connectivity index (χ1v) is 10.1. The molecule has 1 aromatic heterocycles. The highest BCUT2D eigenvalue weighted by Crippen LogP contribution is 2.24. The van der Waals surface area contributed by atoms with Crippen LogP contribution >= 0.6 is 15.9 Å². The van der Waals surface area contributed by atoms with E-state index >= 15 is 0 Å². The first-order valence-electron chi connectivity index (χ1n) is 9.32. The number of rotatable bonds is 4. The lowest BCUT2D eigenvalue weighted by Crippen LogP contribution is -2.21. The average molecular weight is 463 g/mol. The largest absolute Gasteiger partial charge is 0.497 e. The molecule has 4 rings (SSSR count). The van der Waals surface area contributed by atoms with Crippen molar-refractivity contribution in [1.29, 1.82) is 0 Å². The minimum Gasteiger partial charge on any atom is -0.497 e. The predicted octanol–water partition coefficient (Wildman–Crippen LogP) is 5.43. The van der Waals surface area contributed by atoms with E-state index in [1.807, 2.05) is 67.6 Å². The molecule has 0 aliphatic heterocycles. The summed E-state index contributed by atoms with van der Waals surface area (Å²) in [5.41, 5.74) is 5.82. The summed E-state index contributed by atoms with van der Waals surface area (Å²) in [6.45, 7) is 2.00. The Morgan fingerprint density at radius 1 is 1.00 bits per heavy atom. The highest BCUT2D eigenvalue weighted by atomic mass is 79.9. The molecule has 0 bridgehead atoms. The van der Waals surface area contributed by atoms with Gasteiger partial charge in [0.15, 0.2) is 0 Å². The lowest BCUT2D eigenvalue weighted by Gasteiger charge is -2.07. The predicted molar refractivity (Wildman–Crippen MR) is 120 cm³/mol. The van der Waals surface area contributed by atoms with E-state index in [2.05, 4.69) is 26.5 Å². The number of nitrogens with one attached hydrogen (secondary N) is 1. The molecule has 1 amide bonds. The van der Waals surface area contributed by atoms with E-state index in [-0.39, 0.29) is 5.91 Å². The molecule has 4 aromatic rings. The van der Waals surface area contributed by atoms with Crippen molar-refractivity contribution in [1.82, 2.24) is 5.43 Å². The van der Waals surface area contributed by atoms with Crippen molar-refractivity contribution in [2.24, 2.45) is 5.10 Å². The maximum atomic E-state index is 12.5. The molecule has 1 N–H and O–H groups in total. The second kappa shape index (κ2) is 8.55. The van der Waals surface area contributed by atoms with Crippen LogP contribution in [0.5, 0.6) is 5.75 Å². The van der Waals surface area contributed by atoms with Gasteiger partial charge in [-0.15, -0.1) is 0 Å². The highest BCUT2D eigenvalue weighted by Gasteiger charge is 2.08. The van der Waals surface area contributed by atoms with Crippen molar-refractivity contribution >= 4 is 32.8 Å². The van der Waals surface area contributed by atoms with Gasteiger partial charge in [-0.2, -0.15) is 5.10 Å². The van der Waals surface area contributed by atoms with Gasteiger partial charge in [-0.25, -0.2) is 5.43 Å². The number of methoxy groups -OCH3 is 1. The van der Waals surface area contributed by atoms with Crippen molar-refractivity contribution in [2.45, 2.75) is 6.92 Å². The lowest BCUT2D eigenvalue weighted by atomic mass is 10.1. The Balaban J connectivity index is 1.77. The van der Waals surface area contributed by atoms with Gasteiger partial charge in [-0.1, -0.05) is 27.6 Å². The van der Waals surface area contributed by atoms with E-state index in [9.17, 15) is 4.79 Å². The highest BCUT2D eigenvalue weighted by molar-refractivity contribution is 9.10. The molecule has 0 aliphatic carbocycles. The maximum Gasteiger partial charge on any atom is 0.271 e. The standard InChI is InChI=1S/C24H19BrN2O3/c1-15-3-12-22-20(13-15)21(26-27-24(28)17-4-8-18(25)9-5-17)14-23(30-22)16-6-10-19(29-2)11-7-16/h3-14H,1-2H3,(H,27,28)/b26-21+. The smallest absolute Gasteiger partial charge is 0.271 e. The Bertz CT molecular complexity index is 1280. The number of hydrogen-bond donors (Lipinski definition) is 1. The minimum atomic E-state index is -0.282. The van der Waals surface area contributed by atoms with E-state index in [0.717, 1.165) is 26.7 Å². The van der Waals surface area contributed by atoms with E-state index < -0.39 is 0 Å². The van der Waals surface area contributed by atoms with Crippen molar-refractivity contribution in [3.63, 3.8) is 0 Å². The summed E-state index contributed by atoms with van der Waals surface area (Å²) in [5, 5.41) is 5.84. The summed E-state index contributed by atoms with van der Waals surface area (Å²) in [6, 6.07) is 22.4. The Labute approximate surface area is 182 Å². The van der Waals surface area contributed by atoms with Crippen LogP contribution in [0.25, 0.3) is 22.3 Å². The van der Waals surface area contributed by atoms with Crippen molar-refractivity contribution in [2.75, 3.05) is 7.11 Å². The molecule has 30 heavy (non-hydrogen) atoms. The van der Waals surface area contributed by atoms with E-state index in [1.54, 1.807) is 19.2 Å². The molecule has 0 fully saturated rings. The second-order valence-corrected chi connectivity index (χ2v) is 7.70. The molecule has 0 radical (unpaired) electrons. The third kappa shape index (κ3) is 4.28. The number of benzene rings is 3. The summed E-state index contributed by atoms with van der Waals surface area (Å²) in [6.07, 6.45) is 0. The van der Waals surface area contributed by atoms with Crippen LogP contribution in [0.4, 0.5) is 0 Å². The van der Waals surface area contributed by atoms with Gasteiger partial charge >= 0.3 is 0 Å². The first kappa shape index (κ1) is 19.9. The molecular weight excluding hydrogens is 444 g/mol. The van der Waals surface area contributed by atoms with Crippen LogP contribution in [-0.4, -0.2) is 13.0 Å². The lowest BCUT2D eigenvalue weighted by molar-refractivity contribution is 0.0953. The third-order valence-electron chi connectivity index (χ3n) is 4.66. The monoisotopic (exact) mass is 462 g/mol. The van der Waals surface area contributed by atoms with Gasteiger partial charge in [0.05, 0.1) is 12.5 Å². The second-order valence-electron chi connectivity index (χ2n) is 6.78. The maximum absolute atomic E-state index is 12.5. The molecule has 0 aliphatic rings. The minimum absolute atomic E-state index is 0.282. The van der Waals surface area contributed by atoms with Gasteiger partial charge in [0.1, 0.15) is 17.1 Å². The van der Waals surface area contributed by atoms with Gasteiger partial charge < -0.3 is 9.15 Å². The van der Waals surface area contributed by atoms with E-state index in [4.69, 9.17) is 9.15 Å². The number of fused-ring (bicyclic) bond motifs is 1. The van der Waals surface area contributed by atoms with Crippen LogP contribution in [-0.2, 0) is 0 Å². The normalized spacial score (nSPS) is 11.5. The van der Waals surface area contributed by atoms with E-state index in [1.165, 1.54) is 0 Å². The fourth-order valence-corrected chi connectivity index (χ4v) is 3.31. The number of carbonyl (C=O) groups is 1. The summed E-state index contributed by atoms with van der Waals surface area (Å²) >= 11 is 3.37. The number of nitrogens with zero attached hydrogens (tertiary/aromatic N) is 1. The molecule has 0 saturated heterocycles. The summed E-state index contributed by atoms with van der Waals surface area (Å²) in [4.78, 5) is 12.5. The Morgan fingerprint density at radius 3 is 2.43 bits per heavy atom. The average Bonchev–Trinajstić information content (AvgIpc) is 2.77. The number of ether oxygens (including phenoxy) is 1. The van der Waals surface area contributed by atoms with Crippen LogP contribution < -0.4 is 15.5 Å². The topological polar surface area (TPSA) is 63.8 Å². The molecule has 1 heterocycles. The van der Waals surface area contributed by atoms with Gasteiger partial charge in [0, 0.05) is 27.1 Å². The molecule has 0 unspecified atom stereocenters. The van der Waals surface area contributed by atoms with Gasteiger partial charge in [-0.05, 0) is 67.6 Å². The first-order chi connectivity index (χ1) is 14.5. The molecule has 6 heteroatoms. The van der Waals surface area contributed by atoms with Crippen molar-refractivity contribution < 1.29 is 13.9 Å². The van der Waals surface area contributed by atoms with Crippen molar-refractivity contribution in [3.8, 4) is 17.1 Å².